The maximum atomic E-state index is 4.79. The van der Waals surface area contributed by atoms with Crippen LogP contribution in [0.25, 0.3) is 22.5 Å². The summed E-state index contributed by atoms with van der Waals surface area (Å²) < 4.78 is 1.07. The Balaban J connectivity index is 2.10. The largest absolute Gasteiger partial charge is 0.264 e. The van der Waals surface area contributed by atoms with Gasteiger partial charge in [0.15, 0.2) is 0 Å². The molecule has 0 fully saturated rings. The van der Waals surface area contributed by atoms with E-state index in [0.717, 1.165) is 27.0 Å². The molecule has 0 unspecified atom stereocenters. The highest BCUT2D eigenvalue weighted by molar-refractivity contribution is 9.10. The van der Waals surface area contributed by atoms with Crippen molar-refractivity contribution in [3.63, 3.8) is 0 Å². The number of aromatic nitrogens is 2. The molecule has 1 aromatic carbocycles. The first kappa shape index (κ1) is 13.0. The Kier molecular flexibility index (Phi) is 3.61. The van der Waals surface area contributed by atoms with Crippen molar-refractivity contribution >= 4 is 15.9 Å². The van der Waals surface area contributed by atoms with E-state index >= 15 is 0 Å². The van der Waals surface area contributed by atoms with Crippen LogP contribution in [0.4, 0.5) is 0 Å². The lowest BCUT2D eigenvalue weighted by molar-refractivity contribution is 1.25. The number of halogens is 1. The van der Waals surface area contributed by atoms with Gasteiger partial charge in [0, 0.05) is 28.0 Å². The van der Waals surface area contributed by atoms with Gasteiger partial charge in [-0.05, 0) is 42.8 Å². The molecule has 2 heterocycles. The molecule has 3 aromatic rings. The van der Waals surface area contributed by atoms with Gasteiger partial charge in [-0.3, -0.25) is 4.98 Å². The summed E-state index contributed by atoms with van der Waals surface area (Å²) in [4.78, 5) is 8.94. The average Bonchev–Trinajstić information content (AvgIpc) is 2.50. The Morgan fingerprint density at radius 1 is 0.900 bits per heavy atom. The third-order valence-corrected chi connectivity index (χ3v) is 3.70. The first-order valence-corrected chi connectivity index (χ1v) is 7.17. The maximum Gasteiger partial charge on any atom is 0.0738 e. The number of hydrogen-bond donors (Lipinski definition) is 0. The van der Waals surface area contributed by atoms with Gasteiger partial charge in [0.25, 0.3) is 0 Å². The molecule has 0 radical (unpaired) electrons. The Hall–Kier alpha value is -2.00. The van der Waals surface area contributed by atoms with E-state index in [-0.39, 0.29) is 0 Å². The van der Waals surface area contributed by atoms with Crippen molar-refractivity contribution in [1.82, 2.24) is 9.97 Å². The molecule has 98 valence electrons. The van der Waals surface area contributed by atoms with Crippen molar-refractivity contribution in [2.75, 3.05) is 0 Å². The normalized spacial score (nSPS) is 10.5. The number of aryl methyl sites for hydroxylation is 1. The van der Waals surface area contributed by atoms with Crippen LogP contribution in [0.15, 0.2) is 65.4 Å². The van der Waals surface area contributed by atoms with Crippen LogP contribution in [0, 0.1) is 6.92 Å². The van der Waals surface area contributed by atoms with Crippen LogP contribution >= 0.6 is 15.9 Å². The summed E-state index contributed by atoms with van der Waals surface area (Å²) in [6.45, 7) is 2.08. The van der Waals surface area contributed by atoms with Gasteiger partial charge < -0.3 is 0 Å². The van der Waals surface area contributed by atoms with E-state index in [9.17, 15) is 0 Å². The van der Waals surface area contributed by atoms with Crippen LogP contribution in [-0.2, 0) is 0 Å². The van der Waals surface area contributed by atoms with E-state index in [0.29, 0.717) is 0 Å². The molecule has 0 bridgehead atoms. The van der Waals surface area contributed by atoms with E-state index in [1.807, 2.05) is 36.5 Å². The molecule has 0 spiro atoms. The molecule has 3 heteroatoms. The Labute approximate surface area is 126 Å². The van der Waals surface area contributed by atoms with E-state index in [1.165, 1.54) is 5.56 Å². The van der Waals surface area contributed by atoms with Gasteiger partial charge >= 0.3 is 0 Å². The predicted molar refractivity (Wildman–Crippen MR) is 85.3 cm³/mol. The number of benzene rings is 1. The van der Waals surface area contributed by atoms with Gasteiger partial charge in [-0.1, -0.05) is 34.1 Å². The zero-order valence-electron chi connectivity index (χ0n) is 11.0. The third-order valence-electron chi connectivity index (χ3n) is 3.17. The van der Waals surface area contributed by atoms with Crippen molar-refractivity contribution in [1.29, 1.82) is 0 Å². The summed E-state index contributed by atoms with van der Waals surface area (Å²) in [6, 6.07) is 16.3. The summed E-state index contributed by atoms with van der Waals surface area (Å²) in [5.74, 6) is 0. The number of nitrogens with zero attached hydrogens (tertiary/aromatic N) is 2. The number of hydrogen-bond acceptors (Lipinski definition) is 2. The monoisotopic (exact) mass is 324 g/mol. The molecule has 3 rings (SSSR count). The molecule has 0 aliphatic rings. The molecule has 0 aliphatic heterocycles. The summed E-state index contributed by atoms with van der Waals surface area (Å²) in [5, 5.41) is 0. The van der Waals surface area contributed by atoms with Crippen molar-refractivity contribution in [2.24, 2.45) is 0 Å². The minimum atomic E-state index is 0.946. The SMILES string of the molecule is Cc1ccc(-c2cccnc2)nc1-c1ccc(Br)cc1. The van der Waals surface area contributed by atoms with Crippen LogP contribution < -0.4 is 0 Å². The second-order valence-corrected chi connectivity index (χ2v) is 5.53. The summed E-state index contributed by atoms with van der Waals surface area (Å²) in [5.41, 5.74) is 5.28. The highest BCUT2D eigenvalue weighted by Gasteiger charge is 2.07. The lowest BCUT2D eigenvalue weighted by atomic mass is 10.0. The van der Waals surface area contributed by atoms with Crippen molar-refractivity contribution in [3.05, 3.63) is 71.0 Å². The molecule has 0 N–H and O–H groups in total. The minimum Gasteiger partial charge on any atom is -0.264 e. The van der Waals surface area contributed by atoms with Crippen LogP contribution in [0.3, 0.4) is 0 Å². The number of rotatable bonds is 2. The molecule has 0 saturated heterocycles. The molecule has 20 heavy (non-hydrogen) atoms. The molecular weight excluding hydrogens is 312 g/mol. The predicted octanol–water partition coefficient (Wildman–Crippen LogP) is 4.88. The molecule has 0 atom stereocenters. The summed E-state index contributed by atoms with van der Waals surface area (Å²) in [7, 11) is 0. The molecular formula is C17H13BrN2. The van der Waals surface area contributed by atoms with Gasteiger partial charge in [-0.15, -0.1) is 0 Å². The van der Waals surface area contributed by atoms with E-state index < -0.39 is 0 Å². The first-order valence-electron chi connectivity index (χ1n) is 6.38. The van der Waals surface area contributed by atoms with Crippen LogP contribution in [0.5, 0.6) is 0 Å². The fraction of sp³-hybridized carbons (Fsp3) is 0.0588. The van der Waals surface area contributed by atoms with E-state index in [1.54, 1.807) is 6.20 Å². The highest BCUT2D eigenvalue weighted by atomic mass is 79.9. The Bertz CT molecular complexity index is 722. The van der Waals surface area contributed by atoms with Gasteiger partial charge in [-0.25, -0.2) is 4.98 Å². The molecule has 2 aromatic heterocycles. The highest BCUT2D eigenvalue weighted by Crippen LogP contribution is 2.26. The van der Waals surface area contributed by atoms with Crippen molar-refractivity contribution < 1.29 is 0 Å². The molecule has 0 aliphatic carbocycles. The van der Waals surface area contributed by atoms with Crippen molar-refractivity contribution in [3.8, 4) is 22.5 Å². The summed E-state index contributed by atoms with van der Waals surface area (Å²) in [6.07, 6.45) is 3.61. The van der Waals surface area contributed by atoms with Crippen LogP contribution in [0.2, 0.25) is 0 Å². The smallest absolute Gasteiger partial charge is 0.0738 e. The number of pyridine rings is 2. The second-order valence-electron chi connectivity index (χ2n) is 4.61. The van der Waals surface area contributed by atoms with Crippen LogP contribution in [-0.4, -0.2) is 9.97 Å². The second kappa shape index (κ2) is 5.55. The average molecular weight is 325 g/mol. The molecule has 0 saturated carbocycles. The molecule has 2 nitrogen and oxygen atoms in total. The Morgan fingerprint density at radius 2 is 1.70 bits per heavy atom. The van der Waals surface area contributed by atoms with Gasteiger partial charge in [0.1, 0.15) is 0 Å². The van der Waals surface area contributed by atoms with E-state index in [4.69, 9.17) is 4.98 Å². The fourth-order valence-electron chi connectivity index (χ4n) is 2.10. The maximum absolute atomic E-state index is 4.79. The minimum absolute atomic E-state index is 0.946. The zero-order valence-corrected chi connectivity index (χ0v) is 12.6. The zero-order chi connectivity index (χ0) is 13.9. The quantitative estimate of drug-likeness (QED) is 0.671. The van der Waals surface area contributed by atoms with Gasteiger partial charge in [0.2, 0.25) is 0 Å². The van der Waals surface area contributed by atoms with Gasteiger partial charge in [0.05, 0.1) is 11.4 Å². The van der Waals surface area contributed by atoms with Crippen LogP contribution in [0.1, 0.15) is 5.56 Å². The topological polar surface area (TPSA) is 25.8 Å². The Morgan fingerprint density at radius 3 is 2.40 bits per heavy atom. The first-order chi connectivity index (χ1) is 9.74. The fourth-order valence-corrected chi connectivity index (χ4v) is 2.37. The standard InChI is InChI=1S/C17H13BrN2/c1-12-4-9-16(14-3-2-10-19-11-14)20-17(12)13-5-7-15(18)8-6-13/h2-11H,1H3. The van der Waals surface area contributed by atoms with E-state index in [2.05, 4.69) is 46.0 Å². The summed E-state index contributed by atoms with van der Waals surface area (Å²) >= 11 is 3.46. The lowest BCUT2D eigenvalue weighted by Gasteiger charge is -2.08. The molecule has 0 amide bonds. The van der Waals surface area contributed by atoms with Crippen molar-refractivity contribution in [2.45, 2.75) is 6.92 Å². The lowest BCUT2D eigenvalue weighted by Crippen LogP contribution is -1.92. The third kappa shape index (κ3) is 2.63. The van der Waals surface area contributed by atoms with Gasteiger partial charge in [-0.2, -0.15) is 0 Å².